The molecule has 0 saturated heterocycles. The predicted octanol–water partition coefficient (Wildman–Crippen LogP) is -2.75. The van der Waals surface area contributed by atoms with E-state index in [4.69, 9.17) is 15.3 Å². The molecule has 6 N–H and O–H groups in total. The number of hydrogen-bond acceptors (Lipinski definition) is 9. The second-order valence-corrected chi connectivity index (χ2v) is 3.23. The van der Waals surface area contributed by atoms with E-state index in [9.17, 15) is 24.9 Å². The maximum atomic E-state index is 10.6. The Morgan fingerprint density at radius 3 is 1.94 bits per heavy atom. The van der Waals surface area contributed by atoms with Crippen LogP contribution in [0.1, 0.15) is 0 Å². The first kappa shape index (κ1) is 16.5. The molecule has 0 unspecified atom stereocenters. The number of carbonyl (C=O) groups excluding carboxylic acids is 1. The van der Waals surface area contributed by atoms with Crippen molar-refractivity contribution in [2.24, 2.45) is 0 Å². The summed E-state index contributed by atoms with van der Waals surface area (Å²) in [5.41, 5.74) is 0. The summed E-state index contributed by atoms with van der Waals surface area (Å²) in [6, 6.07) is 0. The van der Waals surface area contributed by atoms with Crippen LogP contribution in [0.5, 0.6) is 0 Å². The average Bonchev–Trinajstić information content (AvgIpc) is 2.32. The van der Waals surface area contributed by atoms with Gasteiger partial charge in [-0.2, -0.15) is 0 Å². The highest BCUT2D eigenvalue weighted by Crippen LogP contribution is 2.06. The third-order valence-corrected chi connectivity index (χ3v) is 1.87. The summed E-state index contributed by atoms with van der Waals surface area (Å²) in [4.78, 5) is 20.5. The molecule has 10 nitrogen and oxygen atoms in total. The van der Waals surface area contributed by atoms with Crippen LogP contribution in [0.4, 0.5) is 9.59 Å². The van der Waals surface area contributed by atoms with Gasteiger partial charge in [0.25, 0.3) is 0 Å². The maximum Gasteiger partial charge on any atom is 0.518 e. The number of rotatable bonds is 6. The Labute approximate surface area is 101 Å². The molecule has 0 saturated carbocycles. The van der Waals surface area contributed by atoms with E-state index < -0.39 is 49.9 Å². The second kappa shape index (κ2) is 7.79. The molecule has 0 heterocycles. The van der Waals surface area contributed by atoms with Crippen LogP contribution in [-0.4, -0.2) is 80.6 Å². The number of aliphatic hydroxyl groups is 5. The molecule has 0 aromatic carbocycles. The van der Waals surface area contributed by atoms with Gasteiger partial charge in [-0.15, -0.1) is 0 Å². The molecule has 0 spiro atoms. The summed E-state index contributed by atoms with van der Waals surface area (Å²) in [7, 11) is 0. The molecule has 0 radical (unpaired) electrons. The van der Waals surface area contributed by atoms with Crippen molar-refractivity contribution < 1.29 is 49.7 Å². The van der Waals surface area contributed by atoms with Crippen LogP contribution >= 0.6 is 0 Å². The van der Waals surface area contributed by atoms with Crippen LogP contribution in [0.2, 0.25) is 0 Å². The molecule has 4 atom stereocenters. The van der Waals surface area contributed by atoms with Crippen molar-refractivity contribution in [2.75, 3.05) is 13.2 Å². The lowest BCUT2D eigenvalue weighted by Crippen LogP contribution is -2.47. The quantitative estimate of drug-likeness (QED) is 0.219. The highest BCUT2D eigenvalue weighted by atomic mass is 16.8. The van der Waals surface area contributed by atoms with Crippen LogP contribution in [0, 0.1) is 0 Å². The Morgan fingerprint density at radius 1 is 1.00 bits per heavy atom. The minimum atomic E-state index is -1.91. The van der Waals surface area contributed by atoms with E-state index in [1.165, 1.54) is 0 Å². The van der Waals surface area contributed by atoms with E-state index in [0.717, 1.165) is 0 Å². The molecule has 10 heteroatoms. The van der Waals surface area contributed by atoms with Gasteiger partial charge in [0.15, 0.2) is 0 Å². The molecule has 0 rings (SSSR count). The highest BCUT2D eigenvalue weighted by molar-refractivity contribution is 5.75. The van der Waals surface area contributed by atoms with Crippen molar-refractivity contribution in [3.63, 3.8) is 0 Å². The van der Waals surface area contributed by atoms with Gasteiger partial charge in [0.2, 0.25) is 0 Å². The van der Waals surface area contributed by atoms with Crippen LogP contribution in [0.15, 0.2) is 0 Å². The van der Waals surface area contributed by atoms with Gasteiger partial charge in [-0.3, -0.25) is 0 Å². The van der Waals surface area contributed by atoms with Gasteiger partial charge in [0.05, 0.1) is 6.61 Å². The van der Waals surface area contributed by atoms with Gasteiger partial charge >= 0.3 is 12.3 Å². The number of ether oxygens (including phenoxy) is 2. The van der Waals surface area contributed by atoms with E-state index >= 15 is 0 Å². The minimum absolute atomic E-state index is 0.854. The fourth-order valence-electron chi connectivity index (χ4n) is 0.916. The van der Waals surface area contributed by atoms with Crippen molar-refractivity contribution in [1.29, 1.82) is 0 Å². The van der Waals surface area contributed by atoms with Gasteiger partial charge in [-0.1, -0.05) is 0 Å². The van der Waals surface area contributed by atoms with Gasteiger partial charge in [-0.25, -0.2) is 9.59 Å². The van der Waals surface area contributed by atoms with E-state index in [1.807, 2.05) is 0 Å². The summed E-state index contributed by atoms with van der Waals surface area (Å²) in [6.07, 6.45) is -10.8. The minimum Gasteiger partial charge on any atom is -0.449 e. The normalized spacial score (nSPS) is 17.4. The Morgan fingerprint density at radius 2 is 1.50 bits per heavy atom. The topological polar surface area (TPSA) is 174 Å². The molecule has 0 aliphatic carbocycles. The molecule has 106 valence electrons. The first-order valence-electron chi connectivity index (χ1n) is 4.70. The Hall–Kier alpha value is -1.46. The first-order chi connectivity index (χ1) is 8.29. The van der Waals surface area contributed by atoms with Crippen LogP contribution in [0.25, 0.3) is 0 Å². The Balaban J connectivity index is 4.12. The number of hydrogen-bond donors (Lipinski definition) is 6. The zero-order valence-corrected chi connectivity index (χ0v) is 9.04. The van der Waals surface area contributed by atoms with Crippen molar-refractivity contribution in [3.8, 4) is 0 Å². The van der Waals surface area contributed by atoms with Crippen LogP contribution in [0.3, 0.4) is 0 Å². The average molecular weight is 270 g/mol. The molecule has 18 heavy (non-hydrogen) atoms. The van der Waals surface area contributed by atoms with E-state index in [-0.39, 0.29) is 0 Å². The molecular formula is C8H14O10. The number of aliphatic hydroxyl groups excluding tert-OH is 5. The zero-order valence-electron chi connectivity index (χ0n) is 9.04. The fraction of sp³-hybridized carbons (Fsp3) is 0.750. The lowest BCUT2D eigenvalue weighted by atomic mass is 10.0. The molecule has 0 aromatic rings. The Bertz CT molecular complexity index is 279. The van der Waals surface area contributed by atoms with Gasteiger partial charge < -0.3 is 40.1 Å². The molecule has 0 aromatic heterocycles. The number of carboxylic acid groups (broad SMARTS) is 1. The summed E-state index contributed by atoms with van der Waals surface area (Å²) in [5.74, 6) is 0. The third kappa shape index (κ3) is 5.75. The van der Waals surface area contributed by atoms with Crippen LogP contribution in [-0.2, 0) is 9.47 Å². The van der Waals surface area contributed by atoms with Crippen molar-refractivity contribution in [3.05, 3.63) is 0 Å². The standard InChI is InChI=1S/C8H14O10/c9-1-3(10)5(12)6(13)4(11)2-17-8(16)18-7(14)15/h3-6,9-13H,1-2H2,(H,14,15)/t3-,4-,5-,6+/m1/s1. The number of carbonyl (C=O) groups is 2. The summed E-state index contributed by atoms with van der Waals surface area (Å²) < 4.78 is 7.61. The summed E-state index contributed by atoms with van der Waals surface area (Å²) >= 11 is 0. The first-order valence-corrected chi connectivity index (χ1v) is 4.70. The zero-order chi connectivity index (χ0) is 14.3. The fourth-order valence-corrected chi connectivity index (χ4v) is 0.916. The van der Waals surface area contributed by atoms with Gasteiger partial charge in [-0.05, 0) is 0 Å². The molecule has 0 amide bonds. The largest absolute Gasteiger partial charge is 0.518 e. The molecule has 0 bridgehead atoms. The van der Waals surface area contributed by atoms with Gasteiger partial charge in [0, 0.05) is 0 Å². The van der Waals surface area contributed by atoms with E-state index in [2.05, 4.69) is 9.47 Å². The molecule has 0 fully saturated rings. The third-order valence-electron chi connectivity index (χ3n) is 1.87. The lowest BCUT2D eigenvalue weighted by molar-refractivity contribution is -0.125. The maximum absolute atomic E-state index is 10.6. The predicted molar refractivity (Wildman–Crippen MR) is 51.6 cm³/mol. The van der Waals surface area contributed by atoms with E-state index in [1.54, 1.807) is 0 Å². The smallest absolute Gasteiger partial charge is 0.449 e. The summed E-state index contributed by atoms with van der Waals surface area (Å²) in [6.45, 7) is -1.73. The highest BCUT2D eigenvalue weighted by Gasteiger charge is 2.31. The molecular weight excluding hydrogens is 256 g/mol. The van der Waals surface area contributed by atoms with Crippen molar-refractivity contribution >= 4 is 12.3 Å². The van der Waals surface area contributed by atoms with Crippen molar-refractivity contribution in [2.45, 2.75) is 24.4 Å². The van der Waals surface area contributed by atoms with Gasteiger partial charge in [0.1, 0.15) is 31.0 Å². The monoisotopic (exact) mass is 270 g/mol. The van der Waals surface area contributed by atoms with E-state index in [0.29, 0.717) is 0 Å². The van der Waals surface area contributed by atoms with Crippen molar-refractivity contribution in [1.82, 2.24) is 0 Å². The molecule has 0 aliphatic heterocycles. The molecule has 0 aliphatic rings. The van der Waals surface area contributed by atoms with Crippen LogP contribution < -0.4 is 0 Å². The second-order valence-electron chi connectivity index (χ2n) is 3.23. The summed E-state index contributed by atoms with van der Waals surface area (Å²) in [5, 5.41) is 53.1. The Kier molecular flexibility index (Phi) is 7.16. The lowest BCUT2D eigenvalue weighted by Gasteiger charge is -2.25. The SMILES string of the molecule is O=C(O)OC(=O)OC[C@@H](O)[C@H](O)[C@H](O)[C@H](O)CO.